The molecular weight excluding hydrogens is 363 g/mol. The Morgan fingerprint density at radius 1 is 1.08 bits per heavy atom. The first-order chi connectivity index (χ1) is 12.2. The molecule has 3 nitrogen and oxygen atoms in total. The van der Waals surface area contributed by atoms with Crippen molar-refractivity contribution < 1.29 is 22.7 Å². The predicted molar refractivity (Wildman–Crippen MR) is 96.4 cm³/mol. The fourth-order valence-electron chi connectivity index (χ4n) is 2.35. The van der Waals surface area contributed by atoms with Crippen molar-refractivity contribution in [3.05, 3.63) is 59.7 Å². The standard InChI is InChI=1S/C19H20F3NO2S/c1-12(2)25-15-8-6-7-14(11-15)13(3)23-18(24)16-9-4-5-10-17(16)26-19(20,21)22/h4-13H,1-3H3,(H,23,24). The molecule has 0 fully saturated rings. The zero-order valence-corrected chi connectivity index (χ0v) is 15.4. The van der Waals surface area contributed by atoms with Crippen LogP contribution >= 0.6 is 11.8 Å². The monoisotopic (exact) mass is 383 g/mol. The van der Waals surface area contributed by atoms with Crippen LogP contribution < -0.4 is 10.1 Å². The first kappa shape index (κ1) is 20.2. The summed E-state index contributed by atoms with van der Waals surface area (Å²) >= 11 is -0.293. The van der Waals surface area contributed by atoms with Crippen molar-refractivity contribution in [3.8, 4) is 5.75 Å². The number of nitrogens with one attached hydrogen (secondary N) is 1. The second kappa shape index (κ2) is 8.49. The van der Waals surface area contributed by atoms with Crippen LogP contribution in [0, 0.1) is 0 Å². The average Bonchev–Trinajstić information content (AvgIpc) is 2.53. The number of carbonyl (C=O) groups is 1. The van der Waals surface area contributed by atoms with Crippen LogP contribution in [0.1, 0.15) is 42.7 Å². The van der Waals surface area contributed by atoms with Crippen molar-refractivity contribution in [1.29, 1.82) is 0 Å². The lowest BCUT2D eigenvalue weighted by Crippen LogP contribution is -2.27. The van der Waals surface area contributed by atoms with E-state index in [2.05, 4.69) is 5.32 Å². The van der Waals surface area contributed by atoms with E-state index in [1.54, 1.807) is 13.0 Å². The summed E-state index contributed by atoms with van der Waals surface area (Å²) in [5.74, 6) is 0.117. The maximum absolute atomic E-state index is 12.7. The van der Waals surface area contributed by atoms with Crippen LogP contribution in [0.4, 0.5) is 13.2 Å². The molecule has 0 aliphatic heterocycles. The van der Waals surface area contributed by atoms with Gasteiger partial charge in [0.2, 0.25) is 0 Å². The lowest BCUT2D eigenvalue weighted by atomic mass is 10.1. The molecule has 0 saturated carbocycles. The zero-order valence-electron chi connectivity index (χ0n) is 14.6. The number of halogens is 3. The Bertz CT molecular complexity index is 762. The van der Waals surface area contributed by atoms with Gasteiger partial charge in [0.15, 0.2) is 0 Å². The molecule has 2 rings (SSSR count). The Morgan fingerprint density at radius 2 is 1.77 bits per heavy atom. The number of ether oxygens (including phenoxy) is 1. The molecule has 0 aromatic heterocycles. The van der Waals surface area contributed by atoms with Crippen molar-refractivity contribution in [2.45, 2.75) is 43.3 Å². The lowest BCUT2D eigenvalue weighted by molar-refractivity contribution is -0.0328. The lowest BCUT2D eigenvalue weighted by Gasteiger charge is -2.18. The molecule has 1 N–H and O–H groups in total. The van der Waals surface area contributed by atoms with Crippen molar-refractivity contribution in [3.63, 3.8) is 0 Å². The molecule has 0 spiro atoms. The fourth-order valence-corrected chi connectivity index (χ4v) is 3.02. The van der Waals surface area contributed by atoms with Gasteiger partial charge in [0.05, 0.1) is 17.7 Å². The summed E-state index contributed by atoms with van der Waals surface area (Å²) in [6.07, 6.45) is 0.0152. The Labute approximate surface area is 154 Å². The molecule has 1 unspecified atom stereocenters. The van der Waals surface area contributed by atoms with Gasteiger partial charge in [0, 0.05) is 4.90 Å². The van der Waals surface area contributed by atoms with Crippen LogP contribution in [-0.2, 0) is 0 Å². The predicted octanol–water partition coefficient (Wildman–Crippen LogP) is 5.58. The summed E-state index contributed by atoms with van der Waals surface area (Å²) in [7, 11) is 0. The van der Waals surface area contributed by atoms with Gasteiger partial charge in [0.1, 0.15) is 5.75 Å². The van der Waals surface area contributed by atoms with E-state index < -0.39 is 11.4 Å². The molecule has 2 aromatic carbocycles. The van der Waals surface area contributed by atoms with Gasteiger partial charge in [-0.1, -0.05) is 24.3 Å². The number of benzene rings is 2. The molecule has 1 amide bonds. The van der Waals surface area contributed by atoms with Gasteiger partial charge >= 0.3 is 5.51 Å². The van der Waals surface area contributed by atoms with E-state index in [0.717, 1.165) is 5.56 Å². The third kappa shape index (κ3) is 5.98. The summed E-state index contributed by atoms with van der Waals surface area (Å²) in [6.45, 7) is 5.59. The summed E-state index contributed by atoms with van der Waals surface area (Å²) in [4.78, 5) is 12.4. The molecule has 26 heavy (non-hydrogen) atoms. The molecule has 0 bridgehead atoms. The van der Waals surface area contributed by atoms with E-state index in [-0.39, 0.29) is 34.4 Å². The molecule has 2 aromatic rings. The van der Waals surface area contributed by atoms with E-state index >= 15 is 0 Å². The molecule has 7 heteroatoms. The number of hydrogen-bond donors (Lipinski definition) is 1. The Morgan fingerprint density at radius 3 is 2.42 bits per heavy atom. The fraction of sp³-hybridized carbons (Fsp3) is 0.316. The minimum absolute atomic E-state index is 0.00346. The van der Waals surface area contributed by atoms with Crippen molar-refractivity contribution in [1.82, 2.24) is 5.32 Å². The minimum Gasteiger partial charge on any atom is -0.491 e. The molecule has 0 saturated heterocycles. The third-order valence-electron chi connectivity index (χ3n) is 3.43. The van der Waals surface area contributed by atoms with Crippen molar-refractivity contribution >= 4 is 17.7 Å². The number of carbonyl (C=O) groups excluding carboxylic acids is 1. The van der Waals surface area contributed by atoms with Crippen LogP contribution in [0.25, 0.3) is 0 Å². The summed E-state index contributed by atoms with van der Waals surface area (Å²) < 4.78 is 43.7. The molecule has 140 valence electrons. The number of thioether (sulfide) groups is 1. The van der Waals surface area contributed by atoms with Crippen molar-refractivity contribution in [2.75, 3.05) is 0 Å². The Balaban J connectivity index is 2.15. The number of hydrogen-bond acceptors (Lipinski definition) is 3. The largest absolute Gasteiger partial charge is 0.491 e. The first-order valence-electron chi connectivity index (χ1n) is 8.08. The van der Waals surface area contributed by atoms with E-state index in [9.17, 15) is 18.0 Å². The second-order valence-electron chi connectivity index (χ2n) is 5.98. The van der Waals surface area contributed by atoms with Gasteiger partial charge in [-0.05, 0) is 62.4 Å². The van der Waals surface area contributed by atoms with Gasteiger partial charge in [0.25, 0.3) is 5.91 Å². The summed E-state index contributed by atoms with van der Waals surface area (Å²) in [5, 5.41) is 2.74. The first-order valence-corrected chi connectivity index (χ1v) is 8.89. The van der Waals surface area contributed by atoms with Gasteiger partial charge < -0.3 is 10.1 Å². The molecule has 1 atom stereocenters. The van der Waals surface area contributed by atoms with E-state index in [1.807, 2.05) is 32.0 Å². The van der Waals surface area contributed by atoms with Gasteiger partial charge in [-0.25, -0.2) is 0 Å². The third-order valence-corrected chi connectivity index (χ3v) is 4.24. The summed E-state index contributed by atoms with van der Waals surface area (Å²) in [5.41, 5.74) is -3.65. The molecular formula is C19H20F3NO2S. The minimum atomic E-state index is -4.45. The normalized spacial score (nSPS) is 12.7. The highest BCUT2D eigenvalue weighted by molar-refractivity contribution is 8.00. The quantitative estimate of drug-likeness (QED) is 0.662. The highest BCUT2D eigenvalue weighted by atomic mass is 32.2. The Kier molecular flexibility index (Phi) is 6.58. The topological polar surface area (TPSA) is 38.3 Å². The average molecular weight is 383 g/mol. The van der Waals surface area contributed by atoms with Gasteiger partial charge in [-0.2, -0.15) is 13.2 Å². The molecule has 0 radical (unpaired) electrons. The van der Waals surface area contributed by atoms with Crippen LogP contribution in [0.5, 0.6) is 5.75 Å². The van der Waals surface area contributed by atoms with Gasteiger partial charge in [-0.15, -0.1) is 0 Å². The van der Waals surface area contributed by atoms with Crippen LogP contribution in [-0.4, -0.2) is 17.5 Å². The zero-order chi connectivity index (χ0) is 19.3. The number of rotatable bonds is 6. The maximum atomic E-state index is 12.7. The van der Waals surface area contributed by atoms with E-state index in [1.165, 1.54) is 24.3 Å². The Hall–Kier alpha value is -2.15. The van der Waals surface area contributed by atoms with E-state index in [4.69, 9.17) is 4.74 Å². The summed E-state index contributed by atoms with van der Waals surface area (Å²) in [6, 6.07) is 12.6. The molecule has 0 heterocycles. The number of amides is 1. The molecule has 0 aliphatic rings. The van der Waals surface area contributed by atoms with Gasteiger partial charge in [-0.3, -0.25) is 4.79 Å². The molecule has 0 aliphatic carbocycles. The van der Waals surface area contributed by atoms with Crippen molar-refractivity contribution in [2.24, 2.45) is 0 Å². The number of alkyl halides is 3. The SMILES string of the molecule is CC(C)Oc1cccc(C(C)NC(=O)c2ccccc2SC(F)(F)F)c1. The second-order valence-corrected chi connectivity index (χ2v) is 7.09. The van der Waals surface area contributed by atoms with E-state index in [0.29, 0.717) is 5.75 Å². The smallest absolute Gasteiger partial charge is 0.446 e. The van der Waals surface area contributed by atoms with Crippen LogP contribution in [0.3, 0.4) is 0 Å². The highest BCUT2D eigenvalue weighted by Crippen LogP contribution is 2.38. The maximum Gasteiger partial charge on any atom is 0.446 e. The van der Waals surface area contributed by atoms with Crippen LogP contribution in [0.2, 0.25) is 0 Å². The highest BCUT2D eigenvalue weighted by Gasteiger charge is 2.31. The van der Waals surface area contributed by atoms with Crippen LogP contribution in [0.15, 0.2) is 53.4 Å².